The van der Waals surface area contributed by atoms with Crippen LogP contribution < -0.4 is 5.32 Å². The molecule has 0 saturated carbocycles. The fourth-order valence-electron chi connectivity index (χ4n) is 1.27. The Labute approximate surface area is 105 Å². The normalized spacial score (nSPS) is 12.2. The number of nitrogens with one attached hydrogen (secondary N) is 1. The minimum absolute atomic E-state index is 0.00340. The molecule has 1 atom stereocenters. The van der Waals surface area contributed by atoms with Crippen LogP contribution in [0.5, 0.6) is 0 Å². The average molecular weight is 254 g/mol. The van der Waals surface area contributed by atoms with Crippen molar-refractivity contribution in [1.29, 1.82) is 0 Å². The van der Waals surface area contributed by atoms with Crippen LogP contribution in [0.4, 0.5) is 5.13 Å². The number of ketones is 1. The number of hydrogen-bond donors (Lipinski definition) is 1. The molecule has 1 heterocycles. The van der Waals surface area contributed by atoms with Crippen molar-refractivity contribution < 1.29 is 9.59 Å². The Bertz CT molecular complexity index is 401. The zero-order valence-electron chi connectivity index (χ0n) is 10.4. The number of Topliss-reactive ketones (excluding diaryl/α,β-unsaturated/α-hetero) is 1. The van der Waals surface area contributed by atoms with E-state index < -0.39 is 0 Å². The molecule has 1 rings (SSSR count). The molecular weight excluding hydrogens is 236 g/mol. The summed E-state index contributed by atoms with van der Waals surface area (Å²) in [7, 11) is 0. The molecule has 0 aromatic carbocycles. The van der Waals surface area contributed by atoms with Crippen LogP contribution in [0.2, 0.25) is 0 Å². The van der Waals surface area contributed by atoms with Gasteiger partial charge < -0.3 is 5.32 Å². The van der Waals surface area contributed by atoms with Crippen LogP contribution in [0, 0.1) is 5.92 Å². The van der Waals surface area contributed by atoms with Crippen LogP contribution in [0.3, 0.4) is 0 Å². The third kappa shape index (κ3) is 4.26. The lowest BCUT2D eigenvalue weighted by Crippen LogP contribution is -2.14. The molecule has 0 saturated heterocycles. The van der Waals surface area contributed by atoms with Crippen molar-refractivity contribution in [1.82, 2.24) is 4.98 Å². The summed E-state index contributed by atoms with van der Waals surface area (Å²) in [6.07, 6.45) is 1.90. The van der Waals surface area contributed by atoms with Gasteiger partial charge >= 0.3 is 0 Å². The molecule has 1 aromatic heterocycles. The van der Waals surface area contributed by atoms with E-state index in [9.17, 15) is 9.59 Å². The summed E-state index contributed by atoms with van der Waals surface area (Å²) in [6, 6.07) is 0. The number of amides is 1. The van der Waals surface area contributed by atoms with E-state index in [-0.39, 0.29) is 11.7 Å². The molecule has 17 heavy (non-hydrogen) atoms. The Balaban J connectivity index is 2.54. The first-order valence-electron chi connectivity index (χ1n) is 5.85. The van der Waals surface area contributed by atoms with E-state index in [0.717, 1.165) is 6.42 Å². The van der Waals surface area contributed by atoms with Crippen molar-refractivity contribution in [3.05, 3.63) is 11.1 Å². The van der Waals surface area contributed by atoms with Gasteiger partial charge in [0.2, 0.25) is 5.91 Å². The van der Waals surface area contributed by atoms with E-state index in [1.54, 1.807) is 12.3 Å². The molecule has 0 fully saturated rings. The maximum Gasteiger partial charge on any atom is 0.226 e. The van der Waals surface area contributed by atoms with Crippen LogP contribution in [-0.2, 0) is 4.79 Å². The van der Waals surface area contributed by atoms with Crippen molar-refractivity contribution in [2.24, 2.45) is 5.92 Å². The Morgan fingerprint density at radius 3 is 2.76 bits per heavy atom. The van der Waals surface area contributed by atoms with Gasteiger partial charge in [0, 0.05) is 18.2 Å². The highest BCUT2D eigenvalue weighted by molar-refractivity contribution is 7.14. The lowest BCUT2D eigenvalue weighted by Gasteiger charge is -2.06. The molecule has 0 aliphatic heterocycles. The first-order chi connectivity index (χ1) is 8.06. The van der Waals surface area contributed by atoms with E-state index >= 15 is 0 Å². The van der Waals surface area contributed by atoms with Crippen molar-refractivity contribution in [2.45, 2.75) is 40.0 Å². The van der Waals surface area contributed by atoms with Gasteiger partial charge in [0.1, 0.15) is 5.69 Å². The number of carbonyl (C=O) groups excluding carboxylic acids is 2. The van der Waals surface area contributed by atoms with Gasteiger partial charge in [-0.3, -0.25) is 9.59 Å². The standard InChI is InChI=1S/C12H18N2O2S/c1-4-8(3)6-11(16)14-12-13-9(7-17-12)10(15)5-2/h7-8H,4-6H2,1-3H3,(H,13,14,16). The molecule has 0 aliphatic carbocycles. The summed E-state index contributed by atoms with van der Waals surface area (Å²) in [6.45, 7) is 5.88. The predicted octanol–water partition coefficient (Wildman–Crippen LogP) is 3.11. The van der Waals surface area contributed by atoms with Crippen LogP contribution in [0.25, 0.3) is 0 Å². The van der Waals surface area contributed by atoms with Crippen LogP contribution in [-0.4, -0.2) is 16.7 Å². The molecule has 1 N–H and O–H groups in total. The third-order valence-corrected chi connectivity index (χ3v) is 3.35. The minimum Gasteiger partial charge on any atom is -0.302 e. The Hall–Kier alpha value is -1.23. The summed E-state index contributed by atoms with van der Waals surface area (Å²) in [5.41, 5.74) is 0.441. The second kappa shape index (κ2) is 6.49. The lowest BCUT2D eigenvalue weighted by molar-refractivity contribution is -0.117. The number of anilines is 1. The summed E-state index contributed by atoms with van der Waals surface area (Å²) < 4.78 is 0. The number of hydrogen-bond acceptors (Lipinski definition) is 4. The predicted molar refractivity (Wildman–Crippen MR) is 69.4 cm³/mol. The van der Waals surface area contributed by atoms with E-state index in [1.807, 2.05) is 6.92 Å². The molecule has 0 bridgehead atoms. The molecule has 1 aromatic rings. The molecule has 94 valence electrons. The Kier molecular flexibility index (Phi) is 5.28. The average Bonchev–Trinajstić information content (AvgIpc) is 2.76. The summed E-state index contributed by atoms with van der Waals surface area (Å²) >= 11 is 1.29. The molecule has 0 radical (unpaired) electrons. The van der Waals surface area contributed by atoms with Gasteiger partial charge in [-0.2, -0.15) is 0 Å². The fourth-order valence-corrected chi connectivity index (χ4v) is 2.00. The van der Waals surface area contributed by atoms with Gasteiger partial charge in [0.15, 0.2) is 10.9 Å². The maximum absolute atomic E-state index is 11.6. The molecular formula is C12H18N2O2S. The summed E-state index contributed by atoms with van der Waals surface area (Å²) in [4.78, 5) is 27.1. The van der Waals surface area contributed by atoms with Gasteiger partial charge in [0.05, 0.1) is 0 Å². The van der Waals surface area contributed by atoms with Crippen molar-refractivity contribution in [3.63, 3.8) is 0 Å². The second-order valence-corrected chi connectivity index (χ2v) is 4.94. The van der Waals surface area contributed by atoms with Gasteiger partial charge in [-0.1, -0.05) is 27.2 Å². The van der Waals surface area contributed by atoms with E-state index in [2.05, 4.69) is 17.2 Å². The molecule has 4 nitrogen and oxygen atoms in total. The van der Waals surface area contributed by atoms with Crippen molar-refractivity contribution >= 4 is 28.2 Å². The van der Waals surface area contributed by atoms with Crippen LogP contribution >= 0.6 is 11.3 Å². The third-order valence-electron chi connectivity index (χ3n) is 2.59. The number of thiazole rings is 1. The Morgan fingerprint density at radius 1 is 1.47 bits per heavy atom. The monoisotopic (exact) mass is 254 g/mol. The number of rotatable bonds is 6. The zero-order chi connectivity index (χ0) is 12.8. The molecule has 5 heteroatoms. The maximum atomic E-state index is 11.6. The van der Waals surface area contributed by atoms with Crippen molar-refractivity contribution in [3.8, 4) is 0 Å². The molecule has 0 spiro atoms. The lowest BCUT2D eigenvalue weighted by atomic mass is 10.1. The van der Waals surface area contributed by atoms with Gasteiger partial charge in [-0.25, -0.2) is 4.98 Å². The SMILES string of the molecule is CCC(=O)c1csc(NC(=O)CC(C)CC)n1. The first-order valence-corrected chi connectivity index (χ1v) is 6.73. The van der Waals surface area contributed by atoms with E-state index in [0.29, 0.717) is 29.6 Å². The van der Waals surface area contributed by atoms with Crippen LogP contribution in [0.1, 0.15) is 50.5 Å². The zero-order valence-corrected chi connectivity index (χ0v) is 11.3. The number of aromatic nitrogens is 1. The fraction of sp³-hybridized carbons (Fsp3) is 0.583. The van der Waals surface area contributed by atoms with Gasteiger partial charge in [0.25, 0.3) is 0 Å². The first kappa shape index (κ1) is 13.8. The van der Waals surface area contributed by atoms with Gasteiger partial charge in [-0.05, 0) is 5.92 Å². The second-order valence-electron chi connectivity index (χ2n) is 4.08. The molecule has 1 amide bonds. The van der Waals surface area contributed by atoms with Gasteiger partial charge in [-0.15, -0.1) is 11.3 Å². The highest BCUT2D eigenvalue weighted by Gasteiger charge is 2.12. The largest absolute Gasteiger partial charge is 0.302 e. The summed E-state index contributed by atoms with van der Waals surface area (Å²) in [5.74, 6) is 0.333. The summed E-state index contributed by atoms with van der Waals surface area (Å²) in [5, 5.41) is 4.92. The Morgan fingerprint density at radius 2 is 2.18 bits per heavy atom. The van der Waals surface area contributed by atoms with E-state index in [1.165, 1.54) is 11.3 Å². The van der Waals surface area contributed by atoms with Crippen LogP contribution in [0.15, 0.2) is 5.38 Å². The molecule has 0 aliphatic rings. The highest BCUT2D eigenvalue weighted by atomic mass is 32.1. The van der Waals surface area contributed by atoms with Crippen molar-refractivity contribution in [2.75, 3.05) is 5.32 Å². The highest BCUT2D eigenvalue weighted by Crippen LogP contribution is 2.17. The number of nitrogens with zero attached hydrogens (tertiary/aromatic N) is 1. The smallest absolute Gasteiger partial charge is 0.226 e. The topological polar surface area (TPSA) is 59.1 Å². The quantitative estimate of drug-likeness (QED) is 0.793. The minimum atomic E-state index is -0.0378. The number of carbonyl (C=O) groups is 2. The van der Waals surface area contributed by atoms with E-state index in [4.69, 9.17) is 0 Å². The molecule has 1 unspecified atom stereocenters.